The van der Waals surface area contributed by atoms with Gasteiger partial charge in [-0.1, -0.05) is 6.07 Å². The lowest BCUT2D eigenvalue weighted by Gasteiger charge is -2.16. The number of aromatic nitrogens is 2. The lowest BCUT2D eigenvalue weighted by Crippen LogP contribution is -2.25. The number of carbonyl (C=O) groups is 2. The molecular formula is C19H20N4O4S. The van der Waals surface area contributed by atoms with Crippen LogP contribution in [0, 0.1) is 0 Å². The fourth-order valence-corrected chi connectivity index (χ4v) is 5.01. The zero-order chi connectivity index (χ0) is 19.9. The Balaban J connectivity index is 1.56. The van der Waals surface area contributed by atoms with Crippen molar-refractivity contribution in [1.82, 2.24) is 10.2 Å². The first-order valence-electron chi connectivity index (χ1n) is 9.18. The number of nitrogens with one attached hydrogen (secondary N) is 1. The molecule has 146 valence electrons. The van der Waals surface area contributed by atoms with Crippen LogP contribution in [0.4, 0.5) is 5.69 Å². The van der Waals surface area contributed by atoms with E-state index in [1.807, 2.05) is 0 Å². The number of rotatable bonds is 5. The zero-order valence-electron chi connectivity index (χ0n) is 15.2. The molecule has 0 saturated carbocycles. The van der Waals surface area contributed by atoms with Crippen LogP contribution in [0.3, 0.4) is 0 Å². The Morgan fingerprint density at radius 3 is 2.18 bits per heavy atom. The lowest BCUT2D eigenvalue weighted by atomic mass is 9.98. The summed E-state index contributed by atoms with van der Waals surface area (Å²) in [5, 5.41) is 9.52. The molecule has 0 bridgehead atoms. The molecule has 0 aliphatic heterocycles. The molecule has 2 aromatic rings. The molecule has 0 fully saturated rings. The highest BCUT2D eigenvalue weighted by Gasteiger charge is 2.27. The molecule has 3 N–H and O–H groups in total. The molecule has 9 heteroatoms. The maximum Gasteiger partial charge on any atom is 0.269 e. The predicted octanol–water partition coefficient (Wildman–Crippen LogP) is 0.965. The summed E-state index contributed by atoms with van der Waals surface area (Å²) < 4.78 is 25.0. The summed E-state index contributed by atoms with van der Waals surface area (Å²) >= 11 is 0. The molecule has 2 aliphatic rings. The maximum absolute atomic E-state index is 12.6. The van der Waals surface area contributed by atoms with Crippen LogP contribution >= 0.6 is 0 Å². The molecular weight excluding hydrogens is 380 g/mol. The van der Waals surface area contributed by atoms with E-state index in [1.165, 1.54) is 17.2 Å². The van der Waals surface area contributed by atoms with E-state index in [-0.39, 0.29) is 10.7 Å². The van der Waals surface area contributed by atoms with Crippen LogP contribution in [0.1, 0.15) is 45.6 Å². The Hall–Kier alpha value is -2.81. The largest absolute Gasteiger partial charge is 0.364 e. The van der Waals surface area contributed by atoms with E-state index < -0.39 is 27.4 Å². The summed E-state index contributed by atoms with van der Waals surface area (Å²) in [6, 6.07) is 4.55. The van der Waals surface area contributed by atoms with Gasteiger partial charge in [0.05, 0.1) is 0 Å². The minimum Gasteiger partial charge on any atom is -0.364 e. The second-order valence-electron chi connectivity index (χ2n) is 7.16. The molecule has 0 unspecified atom stereocenters. The second kappa shape index (κ2) is 6.97. The number of anilines is 1. The molecule has 2 aliphatic carbocycles. The summed E-state index contributed by atoms with van der Waals surface area (Å²) in [5.74, 6) is -2.15. The van der Waals surface area contributed by atoms with Gasteiger partial charge in [0, 0.05) is 5.69 Å². The molecule has 0 radical (unpaired) electrons. The molecule has 28 heavy (non-hydrogen) atoms. The first-order valence-corrected chi connectivity index (χ1v) is 10.8. The van der Waals surface area contributed by atoms with Crippen LogP contribution in [0.25, 0.3) is 0 Å². The topological polar surface area (TPSA) is 132 Å². The number of aryl methyl sites for hydroxylation is 2. The van der Waals surface area contributed by atoms with Crippen LogP contribution in [0.2, 0.25) is 0 Å². The molecule has 0 saturated heterocycles. The molecule has 2 amide bonds. The first kappa shape index (κ1) is 18.5. The van der Waals surface area contributed by atoms with Gasteiger partial charge in [0.1, 0.15) is 5.75 Å². The summed E-state index contributed by atoms with van der Waals surface area (Å²) in [5.41, 5.74) is 10.5. The molecule has 8 nitrogen and oxygen atoms in total. The van der Waals surface area contributed by atoms with Crippen molar-refractivity contribution < 1.29 is 18.0 Å². The summed E-state index contributed by atoms with van der Waals surface area (Å²) in [4.78, 5) is 23.6. The van der Waals surface area contributed by atoms with Gasteiger partial charge in [-0.15, -0.1) is 10.2 Å². The van der Waals surface area contributed by atoms with Crippen molar-refractivity contribution in [1.29, 1.82) is 0 Å². The van der Waals surface area contributed by atoms with Gasteiger partial charge in [0.2, 0.25) is 15.7 Å². The van der Waals surface area contributed by atoms with Gasteiger partial charge in [0.15, 0.2) is 10.7 Å². The Kier molecular flexibility index (Phi) is 4.62. The Morgan fingerprint density at radius 2 is 1.64 bits per heavy atom. The van der Waals surface area contributed by atoms with Gasteiger partial charge in [0.25, 0.3) is 5.91 Å². The molecule has 1 aromatic carbocycles. The average molecular weight is 400 g/mol. The molecule has 4 rings (SSSR count). The zero-order valence-corrected chi connectivity index (χ0v) is 16.0. The van der Waals surface area contributed by atoms with E-state index in [4.69, 9.17) is 5.73 Å². The number of primary amides is 1. The average Bonchev–Trinajstić information content (AvgIpc) is 3.30. The fourth-order valence-electron chi connectivity index (χ4n) is 4.01. The van der Waals surface area contributed by atoms with E-state index in [2.05, 4.69) is 21.6 Å². The number of carbonyl (C=O) groups excluding carboxylic acids is 2. The van der Waals surface area contributed by atoms with Crippen LogP contribution in [-0.2, 0) is 40.3 Å². The van der Waals surface area contributed by atoms with E-state index >= 15 is 0 Å². The highest BCUT2D eigenvalue weighted by molar-refractivity contribution is 7.92. The molecule has 1 heterocycles. The van der Waals surface area contributed by atoms with Gasteiger partial charge in [-0.2, -0.15) is 0 Å². The Morgan fingerprint density at radius 1 is 1.00 bits per heavy atom. The monoisotopic (exact) mass is 400 g/mol. The van der Waals surface area contributed by atoms with Gasteiger partial charge in [-0.25, -0.2) is 8.42 Å². The van der Waals surface area contributed by atoms with Gasteiger partial charge in [-0.3, -0.25) is 9.59 Å². The van der Waals surface area contributed by atoms with E-state index in [0.29, 0.717) is 0 Å². The number of nitrogens with zero attached hydrogens (tertiary/aromatic N) is 2. The van der Waals surface area contributed by atoms with Crippen molar-refractivity contribution in [2.75, 3.05) is 11.1 Å². The number of amides is 2. The minimum atomic E-state index is -3.99. The van der Waals surface area contributed by atoms with Crippen LogP contribution in [0.15, 0.2) is 23.2 Å². The third-order valence-electron chi connectivity index (χ3n) is 5.27. The third-order valence-corrected chi connectivity index (χ3v) is 6.77. The number of fused-ring (bicyclic) bond motifs is 2. The summed E-state index contributed by atoms with van der Waals surface area (Å²) in [6.07, 6.45) is 5.86. The van der Waals surface area contributed by atoms with Crippen LogP contribution < -0.4 is 11.1 Å². The molecule has 0 atom stereocenters. The SMILES string of the molecule is NC(=O)c1ccc(S(=O)(=O)CC(=O)Nc2c3c(cc4c2CCC4)CCC3)nn1. The molecule has 0 spiro atoms. The maximum atomic E-state index is 12.6. The van der Waals surface area contributed by atoms with Gasteiger partial charge >= 0.3 is 0 Å². The second-order valence-corrected chi connectivity index (χ2v) is 9.10. The summed E-state index contributed by atoms with van der Waals surface area (Å²) in [6.45, 7) is 0. The Labute approximate surface area is 162 Å². The number of hydrogen-bond acceptors (Lipinski definition) is 6. The first-order chi connectivity index (χ1) is 13.3. The van der Waals surface area contributed by atoms with Crippen molar-refractivity contribution in [3.8, 4) is 0 Å². The lowest BCUT2D eigenvalue weighted by molar-refractivity contribution is -0.113. The number of hydrogen-bond donors (Lipinski definition) is 2. The van der Waals surface area contributed by atoms with Crippen LogP contribution in [-0.4, -0.2) is 36.2 Å². The quantitative estimate of drug-likeness (QED) is 0.768. The van der Waals surface area contributed by atoms with Gasteiger partial charge in [-0.05, 0) is 72.9 Å². The van der Waals surface area contributed by atoms with Gasteiger partial charge < -0.3 is 11.1 Å². The van der Waals surface area contributed by atoms with Crippen molar-refractivity contribution in [3.63, 3.8) is 0 Å². The Bertz CT molecular complexity index is 1050. The van der Waals surface area contributed by atoms with Crippen molar-refractivity contribution >= 4 is 27.3 Å². The normalized spacial score (nSPS) is 15.1. The number of sulfone groups is 1. The van der Waals surface area contributed by atoms with E-state index in [9.17, 15) is 18.0 Å². The predicted molar refractivity (Wildman–Crippen MR) is 102 cm³/mol. The van der Waals surface area contributed by atoms with E-state index in [1.54, 1.807) is 0 Å². The highest BCUT2D eigenvalue weighted by Crippen LogP contribution is 2.38. The van der Waals surface area contributed by atoms with Crippen LogP contribution in [0.5, 0.6) is 0 Å². The van der Waals surface area contributed by atoms with Crippen molar-refractivity contribution in [2.45, 2.75) is 43.6 Å². The fraction of sp³-hybridized carbons (Fsp3) is 0.368. The summed E-state index contributed by atoms with van der Waals surface area (Å²) in [7, 11) is -3.99. The number of nitrogens with two attached hydrogens (primary N) is 1. The third kappa shape index (κ3) is 3.37. The standard InChI is InChI=1S/C19H20N4O4S/c20-19(25)15-7-8-17(23-22-15)28(26,27)10-16(24)21-18-13-5-1-3-11(13)9-12-4-2-6-14(12)18/h7-9H,1-6,10H2,(H2,20,25)(H,21,24). The van der Waals surface area contributed by atoms with Crippen molar-refractivity contribution in [2.24, 2.45) is 5.73 Å². The number of benzene rings is 1. The van der Waals surface area contributed by atoms with E-state index in [0.717, 1.165) is 61.4 Å². The van der Waals surface area contributed by atoms with Crippen molar-refractivity contribution in [3.05, 3.63) is 46.1 Å². The minimum absolute atomic E-state index is 0.140. The molecule has 1 aromatic heterocycles. The highest BCUT2D eigenvalue weighted by atomic mass is 32.2. The smallest absolute Gasteiger partial charge is 0.269 e.